The molecule has 0 atom stereocenters. The Labute approximate surface area is 125 Å². The minimum Gasteiger partial charge on any atom is -0.384 e. The number of nitrogens with one attached hydrogen (secondary N) is 1. The summed E-state index contributed by atoms with van der Waals surface area (Å²) in [5.41, 5.74) is 2.76. The van der Waals surface area contributed by atoms with Gasteiger partial charge >= 0.3 is 0 Å². The third-order valence-corrected chi connectivity index (χ3v) is 4.66. The molecule has 1 amide bonds. The van der Waals surface area contributed by atoms with Crippen molar-refractivity contribution in [2.24, 2.45) is 11.3 Å². The molecule has 110 valence electrons. The number of carbonyl (C=O) groups is 1. The van der Waals surface area contributed by atoms with E-state index in [4.69, 9.17) is 5.11 Å². The molecule has 3 heteroatoms. The normalized spacial score (nSPS) is 18.6. The maximum atomic E-state index is 12.4. The molecule has 3 rings (SSSR count). The van der Waals surface area contributed by atoms with Crippen LogP contribution in [0.15, 0.2) is 18.2 Å². The highest BCUT2D eigenvalue weighted by molar-refractivity contribution is 5.96. The summed E-state index contributed by atoms with van der Waals surface area (Å²) < 4.78 is 0. The van der Waals surface area contributed by atoms with Crippen molar-refractivity contribution in [1.82, 2.24) is 5.32 Å². The van der Waals surface area contributed by atoms with E-state index >= 15 is 0 Å². The lowest BCUT2D eigenvalue weighted by atomic mass is 10.00. The van der Waals surface area contributed by atoms with Gasteiger partial charge in [0.1, 0.15) is 6.61 Å². The first-order chi connectivity index (χ1) is 10.1. The Balaban J connectivity index is 1.71. The number of amides is 1. The number of aryl methyl sites for hydroxylation is 1. The molecule has 2 aliphatic rings. The molecule has 1 aromatic rings. The predicted molar refractivity (Wildman–Crippen MR) is 81.9 cm³/mol. The zero-order valence-electron chi connectivity index (χ0n) is 12.4. The van der Waals surface area contributed by atoms with E-state index in [2.05, 4.69) is 17.2 Å². The fourth-order valence-corrected chi connectivity index (χ4v) is 3.03. The molecule has 3 nitrogen and oxygen atoms in total. The lowest BCUT2D eigenvalue weighted by molar-refractivity contribution is 0.0942. The van der Waals surface area contributed by atoms with Crippen molar-refractivity contribution in [3.05, 3.63) is 34.9 Å². The van der Waals surface area contributed by atoms with Crippen molar-refractivity contribution in [3.8, 4) is 11.8 Å². The average molecular weight is 283 g/mol. The van der Waals surface area contributed by atoms with Crippen LogP contribution in [0.3, 0.4) is 0 Å². The van der Waals surface area contributed by atoms with Gasteiger partial charge in [0.05, 0.1) is 5.56 Å². The number of hydrogen-bond acceptors (Lipinski definition) is 2. The molecule has 1 aromatic carbocycles. The Morgan fingerprint density at radius 1 is 1.43 bits per heavy atom. The van der Waals surface area contributed by atoms with Gasteiger partial charge in [-0.05, 0) is 61.6 Å². The lowest BCUT2D eigenvalue weighted by Gasteiger charge is -2.15. The molecule has 0 radical (unpaired) electrons. The van der Waals surface area contributed by atoms with Crippen LogP contribution in [0, 0.1) is 30.1 Å². The summed E-state index contributed by atoms with van der Waals surface area (Å²) in [6.07, 6.45) is 5.16. The Hall–Kier alpha value is -1.79. The van der Waals surface area contributed by atoms with E-state index in [0.717, 1.165) is 18.0 Å². The number of aliphatic hydroxyl groups is 1. The van der Waals surface area contributed by atoms with Crippen molar-refractivity contribution in [2.75, 3.05) is 13.2 Å². The van der Waals surface area contributed by atoms with E-state index in [1.165, 1.54) is 25.7 Å². The van der Waals surface area contributed by atoms with Crippen LogP contribution in [0.2, 0.25) is 0 Å². The van der Waals surface area contributed by atoms with Crippen molar-refractivity contribution in [3.63, 3.8) is 0 Å². The fraction of sp³-hybridized carbons (Fsp3) is 0.500. The van der Waals surface area contributed by atoms with Crippen LogP contribution in [-0.2, 0) is 0 Å². The summed E-state index contributed by atoms with van der Waals surface area (Å²) >= 11 is 0. The molecule has 21 heavy (non-hydrogen) atoms. The van der Waals surface area contributed by atoms with Crippen LogP contribution < -0.4 is 5.32 Å². The van der Waals surface area contributed by atoms with Gasteiger partial charge in [-0.15, -0.1) is 0 Å². The molecular weight excluding hydrogens is 262 g/mol. The first-order valence-electron chi connectivity index (χ1n) is 7.63. The molecule has 0 heterocycles. The highest BCUT2D eigenvalue weighted by atomic mass is 16.2. The zero-order valence-corrected chi connectivity index (χ0v) is 12.4. The van der Waals surface area contributed by atoms with Gasteiger partial charge in [0.2, 0.25) is 0 Å². The van der Waals surface area contributed by atoms with Gasteiger partial charge < -0.3 is 10.4 Å². The van der Waals surface area contributed by atoms with Gasteiger partial charge in [0, 0.05) is 12.1 Å². The summed E-state index contributed by atoms with van der Waals surface area (Å²) in [6, 6.07) is 5.64. The van der Waals surface area contributed by atoms with Crippen LogP contribution in [-0.4, -0.2) is 24.2 Å². The van der Waals surface area contributed by atoms with Crippen LogP contribution in [0.25, 0.3) is 0 Å². The molecule has 0 spiro atoms. The van der Waals surface area contributed by atoms with E-state index in [9.17, 15) is 4.79 Å². The first-order valence-corrected chi connectivity index (χ1v) is 7.63. The monoisotopic (exact) mass is 283 g/mol. The molecule has 2 N–H and O–H groups in total. The smallest absolute Gasteiger partial charge is 0.252 e. The van der Waals surface area contributed by atoms with Gasteiger partial charge in [-0.2, -0.15) is 0 Å². The summed E-state index contributed by atoms with van der Waals surface area (Å²) in [4.78, 5) is 12.4. The number of benzene rings is 1. The van der Waals surface area contributed by atoms with E-state index < -0.39 is 0 Å². The van der Waals surface area contributed by atoms with Gasteiger partial charge in [-0.1, -0.05) is 17.9 Å². The largest absolute Gasteiger partial charge is 0.384 e. The lowest BCUT2D eigenvalue weighted by Crippen LogP contribution is -2.31. The maximum absolute atomic E-state index is 12.4. The maximum Gasteiger partial charge on any atom is 0.252 e. The molecule has 0 bridgehead atoms. The van der Waals surface area contributed by atoms with E-state index in [1.54, 1.807) is 0 Å². The van der Waals surface area contributed by atoms with Crippen LogP contribution >= 0.6 is 0 Å². The minimum absolute atomic E-state index is 0.0517. The van der Waals surface area contributed by atoms with E-state index in [0.29, 0.717) is 16.5 Å². The molecule has 2 fully saturated rings. The third kappa shape index (κ3) is 3.11. The SMILES string of the molecule is Cc1ccc(C(=O)NCC2(C3CC3)CC2)c(C#CCO)c1. The molecule has 2 saturated carbocycles. The summed E-state index contributed by atoms with van der Waals surface area (Å²) in [6.45, 7) is 2.56. The Morgan fingerprint density at radius 2 is 2.19 bits per heavy atom. The summed E-state index contributed by atoms with van der Waals surface area (Å²) in [7, 11) is 0. The number of aliphatic hydroxyl groups excluding tert-OH is 1. The third-order valence-electron chi connectivity index (χ3n) is 4.66. The second kappa shape index (κ2) is 5.54. The fourth-order valence-electron chi connectivity index (χ4n) is 3.03. The summed E-state index contributed by atoms with van der Waals surface area (Å²) in [5.74, 6) is 6.28. The standard InChI is InChI=1S/C18H21NO2/c1-13-4-7-16(14(11-13)3-2-10-20)17(21)19-12-18(8-9-18)15-5-6-15/h4,7,11,15,20H,5-6,8-10,12H2,1H3,(H,19,21). The molecule has 0 saturated heterocycles. The van der Waals surface area contributed by atoms with Crippen molar-refractivity contribution >= 4 is 5.91 Å². The second-order valence-electron chi connectivity index (χ2n) is 6.33. The molecular formula is C18H21NO2. The zero-order chi connectivity index (χ0) is 14.9. The van der Waals surface area contributed by atoms with Gasteiger partial charge in [-0.25, -0.2) is 0 Å². The molecule has 2 aliphatic carbocycles. The summed E-state index contributed by atoms with van der Waals surface area (Å²) in [5, 5.41) is 11.9. The van der Waals surface area contributed by atoms with Gasteiger partial charge in [0.25, 0.3) is 5.91 Å². The topological polar surface area (TPSA) is 49.3 Å². The molecule has 0 unspecified atom stereocenters. The quantitative estimate of drug-likeness (QED) is 0.833. The Morgan fingerprint density at radius 3 is 2.81 bits per heavy atom. The number of hydrogen-bond donors (Lipinski definition) is 2. The number of rotatable bonds is 4. The molecule has 0 aromatic heterocycles. The van der Waals surface area contributed by atoms with Gasteiger partial charge in [0.15, 0.2) is 0 Å². The van der Waals surface area contributed by atoms with Crippen molar-refractivity contribution < 1.29 is 9.90 Å². The Kier molecular flexibility index (Phi) is 3.73. The van der Waals surface area contributed by atoms with Gasteiger partial charge in [-0.3, -0.25) is 4.79 Å². The average Bonchev–Trinajstić information content (AvgIpc) is 3.35. The highest BCUT2D eigenvalue weighted by Gasteiger charge is 2.53. The predicted octanol–water partition coefficient (Wildman–Crippen LogP) is 2.26. The molecule has 0 aliphatic heterocycles. The minimum atomic E-state index is -0.195. The highest BCUT2D eigenvalue weighted by Crippen LogP contribution is 2.60. The number of carbonyl (C=O) groups excluding carboxylic acids is 1. The van der Waals surface area contributed by atoms with Crippen molar-refractivity contribution in [1.29, 1.82) is 0 Å². The van der Waals surface area contributed by atoms with Crippen LogP contribution in [0.1, 0.15) is 47.2 Å². The first kappa shape index (κ1) is 14.2. The van der Waals surface area contributed by atoms with E-state index in [1.807, 2.05) is 25.1 Å². The van der Waals surface area contributed by atoms with Crippen LogP contribution in [0.5, 0.6) is 0 Å². The van der Waals surface area contributed by atoms with E-state index in [-0.39, 0.29) is 12.5 Å². The Bertz CT molecular complexity index is 616. The van der Waals surface area contributed by atoms with Crippen molar-refractivity contribution in [2.45, 2.75) is 32.6 Å². The van der Waals surface area contributed by atoms with Crippen LogP contribution in [0.4, 0.5) is 0 Å². The second-order valence-corrected chi connectivity index (χ2v) is 6.33.